The normalized spacial score (nSPS) is 12.1. The molecule has 2 heterocycles. The number of hydrogen-bond acceptors (Lipinski definition) is 3. The minimum atomic E-state index is -0.313. The summed E-state index contributed by atoms with van der Waals surface area (Å²) in [7, 11) is 0. The molecule has 154 valence electrons. The Hall–Kier alpha value is -4.06. The molecule has 0 radical (unpaired) electrons. The SMILES string of the molecule is CC(NC(=O)/C=C/c1cn(-c2ccccc2)nc1-c1ccc(F)cc1)c1cccnc1. The van der Waals surface area contributed by atoms with Crippen LogP contribution in [0.3, 0.4) is 0 Å². The lowest BCUT2D eigenvalue weighted by atomic mass is 10.1. The quantitative estimate of drug-likeness (QED) is 0.455. The van der Waals surface area contributed by atoms with Gasteiger partial charge in [0.1, 0.15) is 5.82 Å². The van der Waals surface area contributed by atoms with Gasteiger partial charge in [-0.2, -0.15) is 5.10 Å². The molecular weight excluding hydrogens is 391 g/mol. The number of rotatable bonds is 6. The number of pyridine rings is 1. The molecule has 2 aromatic carbocycles. The molecule has 6 heteroatoms. The van der Waals surface area contributed by atoms with E-state index in [9.17, 15) is 9.18 Å². The fourth-order valence-electron chi connectivity index (χ4n) is 3.20. The maximum absolute atomic E-state index is 13.4. The molecule has 0 saturated carbocycles. The van der Waals surface area contributed by atoms with Crippen LogP contribution in [0.4, 0.5) is 4.39 Å². The topological polar surface area (TPSA) is 59.8 Å². The van der Waals surface area contributed by atoms with Crippen LogP contribution in [0.1, 0.15) is 24.1 Å². The number of halogens is 1. The molecule has 31 heavy (non-hydrogen) atoms. The fraction of sp³-hybridized carbons (Fsp3) is 0.0800. The molecule has 1 atom stereocenters. The van der Waals surface area contributed by atoms with E-state index in [0.29, 0.717) is 5.69 Å². The molecule has 1 amide bonds. The van der Waals surface area contributed by atoms with Gasteiger partial charge in [-0.05, 0) is 61.0 Å². The second-order valence-electron chi connectivity index (χ2n) is 7.07. The third kappa shape index (κ3) is 4.93. The Morgan fingerprint density at radius 3 is 2.55 bits per heavy atom. The molecule has 5 nitrogen and oxygen atoms in total. The van der Waals surface area contributed by atoms with Gasteiger partial charge in [0.15, 0.2) is 0 Å². The van der Waals surface area contributed by atoms with Crippen molar-refractivity contribution in [3.8, 4) is 16.9 Å². The van der Waals surface area contributed by atoms with E-state index < -0.39 is 0 Å². The van der Waals surface area contributed by atoms with Crippen molar-refractivity contribution in [3.05, 3.63) is 108 Å². The van der Waals surface area contributed by atoms with Gasteiger partial charge in [-0.3, -0.25) is 9.78 Å². The maximum Gasteiger partial charge on any atom is 0.244 e. The molecule has 2 aromatic heterocycles. The minimum absolute atomic E-state index is 0.172. The molecule has 4 rings (SSSR count). The van der Waals surface area contributed by atoms with E-state index in [1.165, 1.54) is 18.2 Å². The Morgan fingerprint density at radius 1 is 1.06 bits per heavy atom. The van der Waals surface area contributed by atoms with E-state index in [2.05, 4.69) is 15.4 Å². The molecule has 0 aliphatic rings. The van der Waals surface area contributed by atoms with Gasteiger partial charge in [0.2, 0.25) is 5.91 Å². The molecule has 4 aromatic rings. The van der Waals surface area contributed by atoms with Gasteiger partial charge >= 0.3 is 0 Å². The zero-order valence-corrected chi connectivity index (χ0v) is 16.9. The van der Waals surface area contributed by atoms with Crippen molar-refractivity contribution in [2.75, 3.05) is 0 Å². The van der Waals surface area contributed by atoms with E-state index in [-0.39, 0.29) is 17.8 Å². The predicted molar refractivity (Wildman–Crippen MR) is 119 cm³/mol. The third-order valence-electron chi connectivity index (χ3n) is 4.84. The number of benzene rings is 2. The van der Waals surface area contributed by atoms with E-state index >= 15 is 0 Å². The zero-order chi connectivity index (χ0) is 21.6. The number of carbonyl (C=O) groups excluding carboxylic acids is 1. The molecule has 0 aliphatic carbocycles. The summed E-state index contributed by atoms with van der Waals surface area (Å²) in [6.45, 7) is 1.90. The van der Waals surface area contributed by atoms with Crippen LogP contribution in [0.15, 0.2) is 91.4 Å². The first-order valence-corrected chi connectivity index (χ1v) is 9.90. The Kier molecular flexibility index (Phi) is 5.98. The van der Waals surface area contributed by atoms with Crippen molar-refractivity contribution in [2.45, 2.75) is 13.0 Å². The van der Waals surface area contributed by atoms with E-state index in [4.69, 9.17) is 0 Å². The maximum atomic E-state index is 13.4. The molecule has 0 spiro atoms. The van der Waals surface area contributed by atoms with E-state index in [1.807, 2.05) is 55.6 Å². The summed E-state index contributed by atoms with van der Waals surface area (Å²) in [6.07, 6.45) is 8.47. The number of para-hydroxylation sites is 1. The number of carbonyl (C=O) groups is 1. The largest absolute Gasteiger partial charge is 0.346 e. The average Bonchev–Trinajstić information content (AvgIpc) is 3.24. The van der Waals surface area contributed by atoms with Crippen LogP contribution >= 0.6 is 0 Å². The first-order chi connectivity index (χ1) is 15.1. The monoisotopic (exact) mass is 412 g/mol. The van der Waals surface area contributed by atoms with Crippen LogP contribution in [-0.2, 0) is 4.79 Å². The molecule has 0 fully saturated rings. The first-order valence-electron chi connectivity index (χ1n) is 9.90. The van der Waals surface area contributed by atoms with Gasteiger partial charge in [-0.15, -0.1) is 0 Å². The summed E-state index contributed by atoms with van der Waals surface area (Å²) in [4.78, 5) is 16.6. The summed E-state index contributed by atoms with van der Waals surface area (Å²) < 4.78 is 15.1. The Morgan fingerprint density at radius 2 is 1.84 bits per heavy atom. The van der Waals surface area contributed by atoms with Crippen LogP contribution < -0.4 is 5.32 Å². The predicted octanol–water partition coefficient (Wildman–Crippen LogP) is 4.96. The molecule has 0 saturated heterocycles. The number of aromatic nitrogens is 3. The van der Waals surface area contributed by atoms with Gasteiger partial charge in [0.25, 0.3) is 0 Å². The summed E-state index contributed by atoms with van der Waals surface area (Å²) in [5.41, 5.74) is 3.99. The van der Waals surface area contributed by atoms with Crippen molar-refractivity contribution in [2.24, 2.45) is 0 Å². The Balaban J connectivity index is 1.61. The lowest BCUT2D eigenvalue weighted by Gasteiger charge is -2.11. The lowest BCUT2D eigenvalue weighted by molar-refractivity contribution is -0.117. The van der Waals surface area contributed by atoms with Crippen molar-refractivity contribution in [1.29, 1.82) is 0 Å². The lowest BCUT2D eigenvalue weighted by Crippen LogP contribution is -2.24. The smallest absolute Gasteiger partial charge is 0.244 e. The van der Waals surface area contributed by atoms with Crippen molar-refractivity contribution in [1.82, 2.24) is 20.1 Å². The Labute approximate surface area is 179 Å². The van der Waals surface area contributed by atoms with Crippen LogP contribution in [0.2, 0.25) is 0 Å². The molecular formula is C25H21FN4O. The Bertz CT molecular complexity index is 1190. The van der Waals surface area contributed by atoms with Gasteiger partial charge in [-0.25, -0.2) is 9.07 Å². The van der Waals surface area contributed by atoms with E-state index in [0.717, 1.165) is 22.4 Å². The highest BCUT2D eigenvalue weighted by molar-refractivity contribution is 5.93. The van der Waals surface area contributed by atoms with Crippen LogP contribution in [0, 0.1) is 5.82 Å². The first kappa shape index (κ1) is 20.2. The van der Waals surface area contributed by atoms with Gasteiger partial charge in [-0.1, -0.05) is 24.3 Å². The summed E-state index contributed by atoms with van der Waals surface area (Å²) in [5.74, 6) is -0.541. The van der Waals surface area contributed by atoms with Crippen LogP contribution in [-0.4, -0.2) is 20.7 Å². The minimum Gasteiger partial charge on any atom is -0.346 e. The number of nitrogens with zero attached hydrogens (tertiary/aromatic N) is 3. The highest BCUT2D eigenvalue weighted by Crippen LogP contribution is 2.25. The summed E-state index contributed by atoms with van der Waals surface area (Å²) in [6, 6.07) is 19.4. The van der Waals surface area contributed by atoms with Crippen LogP contribution in [0.25, 0.3) is 23.0 Å². The second kappa shape index (κ2) is 9.17. The van der Waals surface area contributed by atoms with Gasteiger partial charge in [0, 0.05) is 35.8 Å². The van der Waals surface area contributed by atoms with Crippen molar-refractivity contribution < 1.29 is 9.18 Å². The highest BCUT2D eigenvalue weighted by atomic mass is 19.1. The number of nitrogens with one attached hydrogen (secondary N) is 1. The molecule has 0 bridgehead atoms. The molecule has 1 unspecified atom stereocenters. The van der Waals surface area contributed by atoms with Crippen molar-refractivity contribution in [3.63, 3.8) is 0 Å². The standard InChI is InChI=1S/C25H21FN4O/c1-18(20-6-5-15-27-16-20)28-24(31)14-11-21-17-30(23-7-3-2-4-8-23)29-25(21)19-9-12-22(26)13-10-19/h2-18H,1H3,(H,28,31)/b14-11+. The number of amides is 1. The highest BCUT2D eigenvalue weighted by Gasteiger charge is 2.12. The average molecular weight is 412 g/mol. The summed E-state index contributed by atoms with van der Waals surface area (Å²) in [5, 5.41) is 7.60. The van der Waals surface area contributed by atoms with Gasteiger partial charge < -0.3 is 5.32 Å². The van der Waals surface area contributed by atoms with Gasteiger partial charge in [0.05, 0.1) is 17.4 Å². The van der Waals surface area contributed by atoms with Crippen LogP contribution in [0.5, 0.6) is 0 Å². The van der Waals surface area contributed by atoms with Crippen molar-refractivity contribution >= 4 is 12.0 Å². The molecule has 0 aliphatic heterocycles. The second-order valence-corrected chi connectivity index (χ2v) is 7.07. The molecule has 1 N–H and O–H groups in total. The van der Waals surface area contributed by atoms with E-state index in [1.54, 1.807) is 35.3 Å². The zero-order valence-electron chi connectivity index (χ0n) is 16.9. The third-order valence-corrected chi connectivity index (χ3v) is 4.84. The number of hydrogen-bond donors (Lipinski definition) is 1. The summed E-state index contributed by atoms with van der Waals surface area (Å²) >= 11 is 0. The fourth-order valence-corrected chi connectivity index (χ4v) is 3.20.